The van der Waals surface area contributed by atoms with E-state index in [1.54, 1.807) is 18.2 Å². The Labute approximate surface area is 147 Å². The predicted molar refractivity (Wildman–Crippen MR) is 90.4 cm³/mol. The zero-order chi connectivity index (χ0) is 18.0. The fourth-order valence-electron chi connectivity index (χ4n) is 2.25. The molecule has 2 heterocycles. The van der Waals surface area contributed by atoms with E-state index in [0.717, 1.165) is 0 Å². The highest BCUT2D eigenvalue weighted by Crippen LogP contribution is 2.35. The Morgan fingerprint density at radius 2 is 1.92 bits per heavy atom. The molecule has 1 aliphatic heterocycles. The lowest BCUT2D eigenvalue weighted by Gasteiger charge is -2.08. The molecule has 0 unspecified atom stereocenters. The molecule has 1 fully saturated rings. The van der Waals surface area contributed by atoms with E-state index < -0.39 is 17.1 Å². The molecule has 8 heteroatoms. The Morgan fingerprint density at radius 1 is 1.16 bits per heavy atom. The monoisotopic (exact) mass is 359 g/mol. The number of nitrogens with zero attached hydrogens (tertiary/aromatic N) is 1. The van der Waals surface area contributed by atoms with Crippen LogP contribution in [0.2, 0.25) is 0 Å². The minimum atomic E-state index is -0.789. The second kappa shape index (κ2) is 6.86. The van der Waals surface area contributed by atoms with Crippen molar-refractivity contribution in [1.29, 1.82) is 0 Å². The Bertz CT molecular complexity index is 871. The highest BCUT2D eigenvalue weighted by atomic mass is 32.2. The van der Waals surface area contributed by atoms with Crippen LogP contribution in [0.15, 0.2) is 45.9 Å². The summed E-state index contributed by atoms with van der Waals surface area (Å²) in [5, 5.41) is -0.668. The van der Waals surface area contributed by atoms with E-state index in [4.69, 9.17) is 13.9 Å². The van der Waals surface area contributed by atoms with E-state index in [2.05, 4.69) is 0 Å². The van der Waals surface area contributed by atoms with Gasteiger partial charge >= 0.3 is 11.1 Å². The van der Waals surface area contributed by atoms with Crippen molar-refractivity contribution >= 4 is 34.9 Å². The SMILES string of the molecule is COc1ccc(/C=C2/SC(=O)N(C(=O)c3ccco3)C2=O)cc1OC. The summed E-state index contributed by atoms with van der Waals surface area (Å²) in [6.07, 6.45) is 2.81. The van der Waals surface area contributed by atoms with E-state index in [1.165, 1.54) is 38.7 Å². The van der Waals surface area contributed by atoms with Gasteiger partial charge in [0, 0.05) is 0 Å². The third-order valence-electron chi connectivity index (χ3n) is 3.43. The summed E-state index contributed by atoms with van der Waals surface area (Å²) in [5.74, 6) is -0.521. The Hall–Kier alpha value is -3.00. The Balaban J connectivity index is 1.89. The zero-order valence-corrected chi connectivity index (χ0v) is 14.2. The first-order chi connectivity index (χ1) is 12.0. The van der Waals surface area contributed by atoms with Crippen LogP contribution in [0.3, 0.4) is 0 Å². The van der Waals surface area contributed by atoms with E-state index in [0.29, 0.717) is 33.7 Å². The van der Waals surface area contributed by atoms with Crippen molar-refractivity contribution in [1.82, 2.24) is 4.90 Å². The molecule has 0 spiro atoms. The molecule has 1 aliphatic rings. The van der Waals surface area contributed by atoms with Gasteiger partial charge in [-0.3, -0.25) is 14.4 Å². The number of benzene rings is 1. The van der Waals surface area contributed by atoms with Gasteiger partial charge in [0.1, 0.15) is 0 Å². The van der Waals surface area contributed by atoms with E-state index in [-0.39, 0.29) is 10.7 Å². The van der Waals surface area contributed by atoms with Crippen molar-refractivity contribution in [3.8, 4) is 11.5 Å². The number of hydrogen-bond acceptors (Lipinski definition) is 7. The lowest BCUT2D eigenvalue weighted by molar-refractivity contribution is -0.120. The van der Waals surface area contributed by atoms with Crippen molar-refractivity contribution in [3.05, 3.63) is 52.8 Å². The van der Waals surface area contributed by atoms with Gasteiger partial charge in [0.25, 0.3) is 5.91 Å². The number of carbonyl (C=O) groups is 3. The maximum absolute atomic E-state index is 12.4. The van der Waals surface area contributed by atoms with Gasteiger partial charge in [-0.1, -0.05) is 6.07 Å². The molecular formula is C17H13NO6S. The van der Waals surface area contributed by atoms with Gasteiger partial charge in [-0.05, 0) is 47.7 Å². The summed E-state index contributed by atoms with van der Waals surface area (Å²) in [6.45, 7) is 0. The summed E-state index contributed by atoms with van der Waals surface area (Å²) in [4.78, 5) is 37.4. The normalized spacial score (nSPS) is 15.8. The smallest absolute Gasteiger partial charge is 0.303 e. The van der Waals surface area contributed by atoms with Crippen LogP contribution in [0.4, 0.5) is 4.79 Å². The van der Waals surface area contributed by atoms with Crippen LogP contribution >= 0.6 is 11.8 Å². The highest BCUT2D eigenvalue weighted by Gasteiger charge is 2.41. The van der Waals surface area contributed by atoms with Gasteiger partial charge in [-0.15, -0.1) is 0 Å². The molecule has 1 aromatic carbocycles. The van der Waals surface area contributed by atoms with Crippen LogP contribution in [0.5, 0.6) is 11.5 Å². The first-order valence-electron chi connectivity index (χ1n) is 7.13. The largest absolute Gasteiger partial charge is 0.493 e. The van der Waals surface area contributed by atoms with Crippen molar-refractivity contribution in [2.45, 2.75) is 0 Å². The molecule has 0 atom stereocenters. The first kappa shape index (κ1) is 16.8. The van der Waals surface area contributed by atoms with Gasteiger partial charge in [0.05, 0.1) is 25.4 Å². The van der Waals surface area contributed by atoms with Crippen LogP contribution in [0, 0.1) is 0 Å². The second-order valence-electron chi connectivity index (χ2n) is 4.91. The molecule has 0 bridgehead atoms. The maximum Gasteiger partial charge on any atom is 0.303 e. The lowest BCUT2D eigenvalue weighted by Crippen LogP contribution is -2.34. The molecule has 7 nitrogen and oxygen atoms in total. The Morgan fingerprint density at radius 3 is 2.56 bits per heavy atom. The van der Waals surface area contributed by atoms with Gasteiger partial charge in [-0.2, -0.15) is 4.90 Å². The van der Waals surface area contributed by atoms with Crippen molar-refractivity contribution in [3.63, 3.8) is 0 Å². The molecular weight excluding hydrogens is 346 g/mol. The zero-order valence-electron chi connectivity index (χ0n) is 13.3. The fourth-order valence-corrected chi connectivity index (χ4v) is 3.07. The number of thioether (sulfide) groups is 1. The minimum Gasteiger partial charge on any atom is -0.493 e. The maximum atomic E-state index is 12.4. The van der Waals surface area contributed by atoms with Gasteiger partial charge in [-0.25, -0.2) is 0 Å². The molecule has 0 aliphatic carbocycles. The molecule has 0 N–H and O–H groups in total. The van der Waals surface area contributed by atoms with Crippen molar-refractivity contribution in [2.75, 3.05) is 14.2 Å². The third kappa shape index (κ3) is 3.16. The predicted octanol–water partition coefficient (Wildman–Crippen LogP) is 3.17. The molecule has 0 saturated carbocycles. The molecule has 0 radical (unpaired) electrons. The van der Waals surface area contributed by atoms with Crippen molar-refractivity contribution < 1.29 is 28.3 Å². The number of hydrogen-bond donors (Lipinski definition) is 0. The number of methoxy groups -OCH3 is 2. The lowest BCUT2D eigenvalue weighted by atomic mass is 10.2. The average molecular weight is 359 g/mol. The molecule has 3 rings (SSSR count). The van der Waals surface area contributed by atoms with Gasteiger partial charge in [0.15, 0.2) is 17.3 Å². The number of ether oxygens (including phenoxy) is 2. The van der Waals surface area contributed by atoms with Gasteiger partial charge in [0.2, 0.25) is 0 Å². The summed E-state index contributed by atoms with van der Waals surface area (Å²) < 4.78 is 15.3. The summed E-state index contributed by atoms with van der Waals surface area (Å²) in [6, 6.07) is 7.96. The molecule has 2 aromatic rings. The number of rotatable bonds is 4. The molecule has 1 aromatic heterocycles. The van der Waals surface area contributed by atoms with Crippen LogP contribution in [0.1, 0.15) is 16.1 Å². The fraction of sp³-hybridized carbons (Fsp3) is 0.118. The van der Waals surface area contributed by atoms with Gasteiger partial charge < -0.3 is 13.9 Å². The van der Waals surface area contributed by atoms with Crippen LogP contribution < -0.4 is 9.47 Å². The highest BCUT2D eigenvalue weighted by molar-refractivity contribution is 8.18. The van der Waals surface area contributed by atoms with E-state index in [1.807, 2.05) is 0 Å². The summed E-state index contributed by atoms with van der Waals surface area (Å²) in [5.41, 5.74) is 0.633. The molecule has 3 amide bonds. The average Bonchev–Trinajstić information content (AvgIpc) is 3.23. The summed E-state index contributed by atoms with van der Waals surface area (Å²) >= 11 is 0.690. The topological polar surface area (TPSA) is 86.0 Å². The molecule has 25 heavy (non-hydrogen) atoms. The number of carbonyl (C=O) groups excluding carboxylic acids is 3. The molecule has 1 saturated heterocycles. The summed E-state index contributed by atoms with van der Waals surface area (Å²) in [7, 11) is 3.01. The van der Waals surface area contributed by atoms with E-state index >= 15 is 0 Å². The molecule has 128 valence electrons. The van der Waals surface area contributed by atoms with Crippen molar-refractivity contribution in [2.24, 2.45) is 0 Å². The number of amides is 3. The Kier molecular flexibility index (Phi) is 4.62. The van der Waals surface area contributed by atoms with Crippen LogP contribution in [0.25, 0.3) is 6.08 Å². The first-order valence-corrected chi connectivity index (χ1v) is 7.94. The number of imide groups is 3. The number of furan rings is 1. The minimum absolute atomic E-state index is 0.0744. The standard InChI is InChI=1S/C17H13NO6S/c1-22-11-6-5-10(8-13(11)23-2)9-14-16(20)18(17(21)25-14)15(19)12-4-3-7-24-12/h3-9H,1-2H3/b14-9+. The third-order valence-corrected chi connectivity index (χ3v) is 4.30. The quantitative estimate of drug-likeness (QED) is 0.612. The van der Waals surface area contributed by atoms with E-state index in [9.17, 15) is 14.4 Å². The van der Waals surface area contributed by atoms with Crippen LogP contribution in [-0.2, 0) is 4.79 Å². The second-order valence-corrected chi connectivity index (χ2v) is 5.91. The van der Waals surface area contributed by atoms with Crippen LogP contribution in [-0.4, -0.2) is 36.2 Å².